The molecule has 34 heavy (non-hydrogen) atoms. The Morgan fingerprint density at radius 2 is 1.76 bits per heavy atom. The highest BCUT2D eigenvalue weighted by Gasteiger charge is 2.23. The number of benzene rings is 2. The summed E-state index contributed by atoms with van der Waals surface area (Å²) in [5.41, 5.74) is 3.62. The number of amides is 2. The van der Waals surface area contributed by atoms with Gasteiger partial charge < -0.3 is 15.1 Å². The lowest BCUT2D eigenvalue weighted by atomic mass is 10.1. The first-order valence-corrected chi connectivity index (χ1v) is 11.4. The molecule has 0 saturated carbocycles. The van der Waals surface area contributed by atoms with Crippen LogP contribution in [0.1, 0.15) is 10.4 Å². The molecule has 2 aromatic carbocycles. The Morgan fingerprint density at radius 3 is 2.53 bits per heavy atom. The molecular weight excluding hydrogens is 452 g/mol. The standard InChI is InChI=1S/C25H23ClN6O2/c26-19-7-4-8-20(15-19)30-11-13-31(14-12-30)23(33)17-28-25(34)21-16-29-32-22(9-10-27-24(21)32)18-5-2-1-3-6-18/h1-10,15-16H,11-14,17H2,(H,28,34). The number of carbonyl (C=O) groups excluding carboxylic acids is 2. The molecule has 9 heteroatoms. The Labute approximate surface area is 201 Å². The highest BCUT2D eigenvalue weighted by molar-refractivity contribution is 6.30. The zero-order valence-electron chi connectivity index (χ0n) is 18.4. The number of hydrogen-bond acceptors (Lipinski definition) is 5. The van der Waals surface area contributed by atoms with Crippen LogP contribution in [-0.2, 0) is 4.79 Å². The summed E-state index contributed by atoms with van der Waals surface area (Å²) in [6, 6.07) is 19.3. The van der Waals surface area contributed by atoms with Gasteiger partial charge in [-0.2, -0.15) is 5.10 Å². The van der Waals surface area contributed by atoms with Gasteiger partial charge in [0, 0.05) is 48.6 Å². The number of hydrogen-bond donors (Lipinski definition) is 1. The molecule has 0 aliphatic carbocycles. The van der Waals surface area contributed by atoms with E-state index in [0.29, 0.717) is 42.4 Å². The van der Waals surface area contributed by atoms with Gasteiger partial charge in [-0.05, 0) is 24.3 Å². The number of anilines is 1. The lowest BCUT2D eigenvalue weighted by Gasteiger charge is -2.36. The van der Waals surface area contributed by atoms with Gasteiger partial charge in [0.1, 0.15) is 5.56 Å². The van der Waals surface area contributed by atoms with Crippen molar-refractivity contribution in [2.24, 2.45) is 0 Å². The number of aromatic nitrogens is 3. The zero-order valence-corrected chi connectivity index (χ0v) is 19.2. The molecule has 0 unspecified atom stereocenters. The van der Waals surface area contributed by atoms with Gasteiger partial charge in [-0.1, -0.05) is 48.0 Å². The summed E-state index contributed by atoms with van der Waals surface area (Å²) in [5.74, 6) is -0.493. The third kappa shape index (κ3) is 4.45. The minimum atomic E-state index is -0.376. The SMILES string of the molecule is O=C(NCC(=O)N1CCN(c2cccc(Cl)c2)CC1)c1cnn2c(-c3ccccc3)ccnc12. The monoisotopic (exact) mass is 474 g/mol. The molecule has 4 aromatic rings. The van der Waals surface area contributed by atoms with Crippen molar-refractivity contribution in [3.8, 4) is 11.3 Å². The second-order valence-corrected chi connectivity index (χ2v) is 8.46. The van der Waals surface area contributed by atoms with E-state index >= 15 is 0 Å². The maximum Gasteiger partial charge on any atom is 0.257 e. The van der Waals surface area contributed by atoms with Crippen LogP contribution >= 0.6 is 11.6 Å². The number of carbonyl (C=O) groups is 2. The van der Waals surface area contributed by atoms with Crippen molar-refractivity contribution in [1.29, 1.82) is 0 Å². The fourth-order valence-electron chi connectivity index (χ4n) is 4.13. The van der Waals surface area contributed by atoms with E-state index in [9.17, 15) is 9.59 Å². The van der Waals surface area contributed by atoms with E-state index in [2.05, 4.69) is 20.3 Å². The maximum atomic E-state index is 12.8. The summed E-state index contributed by atoms with van der Waals surface area (Å²) in [7, 11) is 0. The normalized spacial score (nSPS) is 13.8. The van der Waals surface area contributed by atoms with Crippen LogP contribution in [0.5, 0.6) is 0 Å². The molecule has 0 bridgehead atoms. The molecule has 5 rings (SSSR count). The van der Waals surface area contributed by atoms with Gasteiger partial charge in [0.05, 0.1) is 18.4 Å². The van der Waals surface area contributed by atoms with Crippen LogP contribution in [0.25, 0.3) is 16.9 Å². The molecule has 0 spiro atoms. The third-order valence-corrected chi connectivity index (χ3v) is 6.16. The summed E-state index contributed by atoms with van der Waals surface area (Å²) >= 11 is 6.09. The van der Waals surface area contributed by atoms with Gasteiger partial charge in [0.2, 0.25) is 5.91 Å². The average molecular weight is 475 g/mol. The Morgan fingerprint density at radius 1 is 0.971 bits per heavy atom. The largest absolute Gasteiger partial charge is 0.368 e. The Hall–Kier alpha value is -3.91. The average Bonchev–Trinajstić information content (AvgIpc) is 3.32. The van der Waals surface area contributed by atoms with Crippen molar-refractivity contribution in [2.75, 3.05) is 37.6 Å². The molecule has 0 radical (unpaired) electrons. The van der Waals surface area contributed by atoms with Gasteiger partial charge in [-0.3, -0.25) is 9.59 Å². The number of piperazine rings is 1. The molecule has 3 heterocycles. The van der Waals surface area contributed by atoms with E-state index in [4.69, 9.17) is 11.6 Å². The molecule has 1 aliphatic rings. The van der Waals surface area contributed by atoms with Crippen LogP contribution in [0, 0.1) is 0 Å². The minimum Gasteiger partial charge on any atom is -0.368 e. The molecule has 1 N–H and O–H groups in total. The smallest absolute Gasteiger partial charge is 0.257 e. The van der Waals surface area contributed by atoms with Crippen molar-refractivity contribution in [3.05, 3.63) is 83.6 Å². The second kappa shape index (κ2) is 9.52. The fraction of sp³-hybridized carbons (Fsp3) is 0.200. The summed E-state index contributed by atoms with van der Waals surface area (Å²) in [4.78, 5) is 33.8. The van der Waals surface area contributed by atoms with E-state index in [0.717, 1.165) is 16.9 Å². The van der Waals surface area contributed by atoms with Crippen molar-refractivity contribution in [3.63, 3.8) is 0 Å². The number of rotatable bonds is 5. The second-order valence-electron chi connectivity index (χ2n) is 8.02. The van der Waals surface area contributed by atoms with Gasteiger partial charge >= 0.3 is 0 Å². The Balaban J connectivity index is 1.21. The minimum absolute atomic E-state index is 0.0777. The quantitative estimate of drug-likeness (QED) is 0.480. The molecule has 1 saturated heterocycles. The van der Waals surface area contributed by atoms with Gasteiger partial charge in [-0.25, -0.2) is 9.50 Å². The first-order valence-electron chi connectivity index (χ1n) is 11.0. The maximum absolute atomic E-state index is 12.8. The van der Waals surface area contributed by atoms with Crippen LogP contribution in [0.4, 0.5) is 5.69 Å². The first-order chi connectivity index (χ1) is 16.6. The molecule has 2 aromatic heterocycles. The highest BCUT2D eigenvalue weighted by atomic mass is 35.5. The van der Waals surface area contributed by atoms with E-state index in [1.165, 1.54) is 6.20 Å². The Kier molecular flexibility index (Phi) is 6.14. The predicted molar refractivity (Wildman–Crippen MR) is 131 cm³/mol. The van der Waals surface area contributed by atoms with Crippen molar-refractivity contribution in [1.82, 2.24) is 24.8 Å². The van der Waals surface area contributed by atoms with E-state index in [1.54, 1.807) is 15.6 Å². The number of nitrogens with zero attached hydrogens (tertiary/aromatic N) is 5. The predicted octanol–water partition coefficient (Wildman–Crippen LogP) is 3.13. The fourth-order valence-corrected chi connectivity index (χ4v) is 4.31. The lowest BCUT2D eigenvalue weighted by Crippen LogP contribution is -2.51. The van der Waals surface area contributed by atoms with Crippen molar-refractivity contribution in [2.45, 2.75) is 0 Å². The molecular formula is C25H23ClN6O2. The van der Waals surface area contributed by atoms with Crippen LogP contribution in [-0.4, -0.2) is 64.0 Å². The molecule has 2 amide bonds. The first kappa shape index (κ1) is 21.9. The summed E-state index contributed by atoms with van der Waals surface area (Å²) in [6.07, 6.45) is 3.14. The Bertz CT molecular complexity index is 1330. The number of halogens is 1. The van der Waals surface area contributed by atoms with Crippen LogP contribution in [0.3, 0.4) is 0 Å². The van der Waals surface area contributed by atoms with Gasteiger partial charge in [-0.15, -0.1) is 0 Å². The molecule has 8 nitrogen and oxygen atoms in total. The number of nitrogens with one attached hydrogen (secondary N) is 1. The third-order valence-electron chi connectivity index (χ3n) is 5.92. The zero-order chi connectivity index (χ0) is 23.5. The molecule has 0 atom stereocenters. The molecule has 172 valence electrons. The van der Waals surface area contributed by atoms with Gasteiger partial charge in [0.15, 0.2) is 5.65 Å². The topological polar surface area (TPSA) is 82.8 Å². The highest BCUT2D eigenvalue weighted by Crippen LogP contribution is 2.22. The van der Waals surface area contributed by atoms with Crippen molar-refractivity contribution < 1.29 is 9.59 Å². The molecule has 1 aliphatic heterocycles. The molecule has 1 fully saturated rings. The van der Waals surface area contributed by atoms with Crippen LogP contribution in [0.15, 0.2) is 73.1 Å². The summed E-state index contributed by atoms with van der Waals surface area (Å²) < 4.78 is 1.64. The summed E-state index contributed by atoms with van der Waals surface area (Å²) in [6.45, 7) is 2.51. The van der Waals surface area contributed by atoms with Crippen LogP contribution < -0.4 is 10.2 Å². The van der Waals surface area contributed by atoms with E-state index in [-0.39, 0.29) is 18.4 Å². The van der Waals surface area contributed by atoms with Crippen LogP contribution in [0.2, 0.25) is 5.02 Å². The van der Waals surface area contributed by atoms with E-state index in [1.807, 2.05) is 60.7 Å². The van der Waals surface area contributed by atoms with Gasteiger partial charge in [0.25, 0.3) is 5.91 Å². The van der Waals surface area contributed by atoms with Crippen molar-refractivity contribution >= 4 is 34.7 Å². The van der Waals surface area contributed by atoms with E-state index < -0.39 is 0 Å². The number of fused-ring (bicyclic) bond motifs is 1. The summed E-state index contributed by atoms with van der Waals surface area (Å²) in [5, 5.41) is 7.78. The lowest BCUT2D eigenvalue weighted by molar-refractivity contribution is -0.130.